The molecule has 0 N–H and O–H groups in total. The Bertz CT molecular complexity index is 364. The van der Waals surface area contributed by atoms with Gasteiger partial charge in [0.05, 0.1) is 0 Å². The zero-order valence-corrected chi connectivity index (χ0v) is 7.71. The molecule has 0 fully saturated rings. The van der Waals surface area contributed by atoms with E-state index in [0.29, 0.717) is 0 Å². The molecular formula is C10H10NS+. The highest BCUT2D eigenvalue weighted by atomic mass is 32.1. The minimum atomic E-state index is 1.29. The molecule has 0 atom stereocenters. The Morgan fingerprint density at radius 2 is 1.83 bits per heavy atom. The predicted octanol–water partition coefficient (Wildman–Crippen LogP) is 2.24. The maximum absolute atomic E-state index is 2.14. The molecule has 0 radical (unpaired) electrons. The molecule has 0 aliphatic carbocycles. The molecule has 1 nitrogen and oxygen atoms in total. The second-order valence-corrected chi connectivity index (χ2v) is 3.88. The van der Waals surface area contributed by atoms with Gasteiger partial charge < -0.3 is 0 Å². The summed E-state index contributed by atoms with van der Waals surface area (Å²) in [6, 6.07) is 12.6. The first kappa shape index (κ1) is 7.50. The lowest BCUT2D eigenvalue weighted by Crippen LogP contribution is -2.18. The minimum Gasteiger partial charge on any atom is -0.143 e. The molecule has 0 saturated heterocycles. The molecule has 2 heteroatoms. The SMILES string of the molecule is C[n+]1ccc(-c2ccccc2)s1. The van der Waals surface area contributed by atoms with Crippen LogP contribution in [0.15, 0.2) is 42.6 Å². The summed E-state index contributed by atoms with van der Waals surface area (Å²) < 4.78 is 2.10. The number of hydrogen-bond acceptors (Lipinski definition) is 1. The molecule has 0 aliphatic rings. The third kappa shape index (κ3) is 1.38. The lowest BCUT2D eigenvalue weighted by atomic mass is 10.2. The fraction of sp³-hybridized carbons (Fsp3) is 0.100. The highest BCUT2D eigenvalue weighted by molar-refractivity contribution is 7.05. The van der Waals surface area contributed by atoms with Crippen LogP contribution in [0.25, 0.3) is 10.4 Å². The summed E-state index contributed by atoms with van der Waals surface area (Å²) in [5, 5.41) is 0. The van der Waals surface area contributed by atoms with Gasteiger partial charge in [-0.2, -0.15) is 0 Å². The Morgan fingerprint density at radius 1 is 1.08 bits per heavy atom. The zero-order chi connectivity index (χ0) is 8.39. The van der Waals surface area contributed by atoms with Crippen molar-refractivity contribution in [2.24, 2.45) is 7.05 Å². The van der Waals surface area contributed by atoms with Crippen LogP contribution >= 0.6 is 11.5 Å². The van der Waals surface area contributed by atoms with E-state index < -0.39 is 0 Å². The number of rotatable bonds is 1. The quantitative estimate of drug-likeness (QED) is 0.587. The maximum Gasteiger partial charge on any atom is 0.184 e. The van der Waals surface area contributed by atoms with Crippen LogP contribution < -0.4 is 3.96 Å². The van der Waals surface area contributed by atoms with Gasteiger partial charge in [0.2, 0.25) is 0 Å². The summed E-state index contributed by atoms with van der Waals surface area (Å²) in [5.41, 5.74) is 1.29. The van der Waals surface area contributed by atoms with Gasteiger partial charge in [-0.3, -0.25) is 0 Å². The number of aromatic nitrogens is 1. The van der Waals surface area contributed by atoms with Crippen LogP contribution in [0.2, 0.25) is 0 Å². The number of hydrogen-bond donors (Lipinski definition) is 0. The topological polar surface area (TPSA) is 3.88 Å². The van der Waals surface area contributed by atoms with Crippen LogP contribution in [0, 0.1) is 0 Å². The Morgan fingerprint density at radius 3 is 2.42 bits per heavy atom. The van der Waals surface area contributed by atoms with Gasteiger partial charge in [-0.25, -0.2) is 0 Å². The fourth-order valence-corrected chi connectivity index (χ4v) is 1.94. The van der Waals surface area contributed by atoms with Gasteiger partial charge in [0.15, 0.2) is 13.2 Å². The molecule has 0 saturated carbocycles. The van der Waals surface area contributed by atoms with E-state index in [-0.39, 0.29) is 0 Å². The summed E-state index contributed by atoms with van der Waals surface area (Å²) in [6.07, 6.45) is 2.08. The molecule has 12 heavy (non-hydrogen) atoms. The van der Waals surface area contributed by atoms with Crippen LogP contribution in [0.4, 0.5) is 0 Å². The van der Waals surface area contributed by atoms with Gasteiger partial charge in [-0.1, -0.05) is 30.3 Å². The van der Waals surface area contributed by atoms with Crippen molar-refractivity contribution in [3.05, 3.63) is 42.6 Å². The van der Waals surface area contributed by atoms with E-state index in [2.05, 4.69) is 47.5 Å². The van der Waals surface area contributed by atoms with E-state index in [1.165, 1.54) is 10.4 Å². The molecule has 0 amide bonds. The summed E-state index contributed by atoms with van der Waals surface area (Å²) in [4.78, 5) is 1.32. The van der Waals surface area contributed by atoms with E-state index in [1.807, 2.05) is 6.07 Å². The largest absolute Gasteiger partial charge is 0.184 e. The highest BCUT2D eigenvalue weighted by Gasteiger charge is 2.03. The Kier molecular flexibility index (Phi) is 1.92. The average molecular weight is 176 g/mol. The standard InChI is InChI=1S/C10H10NS/c1-11-8-7-10(12-11)9-5-3-2-4-6-9/h2-8H,1H3/q+1. The van der Waals surface area contributed by atoms with E-state index >= 15 is 0 Å². The second-order valence-electron chi connectivity index (χ2n) is 2.68. The van der Waals surface area contributed by atoms with Crippen LogP contribution in [-0.4, -0.2) is 0 Å². The van der Waals surface area contributed by atoms with Crippen molar-refractivity contribution in [2.45, 2.75) is 0 Å². The third-order valence-electron chi connectivity index (χ3n) is 1.74. The van der Waals surface area contributed by atoms with Crippen LogP contribution in [0.5, 0.6) is 0 Å². The molecule has 0 aliphatic heterocycles. The normalized spacial score (nSPS) is 10.1. The van der Waals surface area contributed by atoms with Crippen molar-refractivity contribution >= 4 is 11.5 Å². The first-order valence-electron chi connectivity index (χ1n) is 3.87. The summed E-state index contributed by atoms with van der Waals surface area (Å²) >= 11 is 1.76. The Hall–Kier alpha value is -1.15. The van der Waals surface area contributed by atoms with Gasteiger partial charge in [0, 0.05) is 6.07 Å². The van der Waals surface area contributed by atoms with Crippen molar-refractivity contribution in [3.8, 4) is 10.4 Å². The van der Waals surface area contributed by atoms with Crippen LogP contribution in [-0.2, 0) is 7.05 Å². The highest BCUT2D eigenvalue weighted by Crippen LogP contribution is 2.20. The molecule has 60 valence electrons. The minimum absolute atomic E-state index is 1.29. The van der Waals surface area contributed by atoms with E-state index in [0.717, 1.165) is 0 Å². The van der Waals surface area contributed by atoms with Crippen molar-refractivity contribution in [1.29, 1.82) is 0 Å². The van der Waals surface area contributed by atoms with Crippen molar-refractivity contribution in [3.63, 3.8) is 0 Å². The maximum atomic E-state index is 2.14. The summed E-state index contributed by atoms with van der Waals surface area (Å²) in [7, 11) is 2.05. The molecule has 2 rings (SSSR count). The number of aryl methyl sites for hydroxylation is 1. The van der Waals surface area contributed by atoms with Gasteiger partial charge >= 0.3 is 0 Å². The lowest BCUT2D eigenvalue weighted by molar-refractivity contribution is -0.600. The molecule has 0 unspecified atom stereocenters. The third-order valence-corrected chi connectivity index (χ3v) is 2.71. The molecule has 2 aromatic rings. The van der Waals surface area contributed by atoms with Crippen molar-refractivity contribution < 1.29 is 3.96 Å². The first-order valence-corrected chi connectivity index (χ1v) is 4.65. The second kappa shape index (κ2) is 3.07. The first-order chi connectivity index (χ1) is 5.86. The average Bonchev–Trinajstić information content (AvgIpc) is 2.54. The number of nitrogens with zero attached hydrogens (tertiary/aromatic N) is 1. The van der Waals surface area contributed by atoms with E-state index in [4.69, 9.17) is 0 Å². The van der Waals surface area contributed by atoms with Gasteiger partial charge in [-0.15, -0.1) is 3.96 Å². The zero-order valence-electron chi connectivity index (χ0n) is 6.90. The van der Waals surface area contributed by atoms with Gasteiger partial charge in [0.1, 0.15) is 16.4 Å². The van der Waals surface area contributed by atoms with Crippen molar-refractivity contribution in [1.82, 2.24) is 0 Å². The summed E-state index contributed by atoms with van der Waals surface area (Å²) in [5.74, 6) is 0. The van der Waals surface area contributed by atoms with E-state index in [9.17, 15) is 0 Å². The van der Waals surface area contributed by atoms with Crippen LogP contribution in [0.1, 0.15) is 0 Å². The molecular weight excluding hydrogens is 166 g/mol. The Balaban J connectivity index is 2.45. The van der Waals surface area contributed by atoms with E-state index in [1.54, 1.807) is 11.5 Å². The molecule has 0 bridgehead atoms. The van der Waals surface area contributed by atoms with Gasteiger partial charge in [0.25, 0.3) is 0 Å². The fourth-order valence-electron chi connectivity index (χ4n) is 1.14. The number of benzene rings is 1. The molecule has 0 spiro atoms. The monoisotopic (exact) mass is 176 g/mol. The Labute approximate surface area is 76.1 Å². The molecule has 1 aromatic carbocycles. The smallest absolute Gasteiger partial charge is 0.143 e. The summed E-state index contributed by atoms with van der Waals surface area (Å²) in [6.45, 7) is 0. The van der Waals surface area contributed by atoms with Gasteiger partial charge in [-0.05, 0) is 5.56 Å². The van der Waals surface area contributed by atoms with Crippen LogP contribution in [0.3, 0.4) is 0 Å². The molecule has 1 heterocycles. The molecule has 1 aromatic heterocycles. The van der Waals surface area contributed by atoms with Crippen molar-refractivity contribution in [2.75, 3.05) is 0 Å². The lowest BCUT2D eigenvalue weighted by Gasteiger charge is -1.90. The predicted molar refractivity (Wildman–Crippen MR) is 50.9 cm³/mol.